The summed E-state index contributed by atoms with van der Waals surface area (Å²) in [7, 11) is 1.63. The van der Waals surface area contributed by atoms with E-state index in [0.717, 1.165) is 5.56 Å². The molecule has 0 heterocycles. The first-order valence-corrected chi connectivity index (χ1v) is 6.87. The maximum Gasteiger partial charge on any atom is 0.145 e. The molecule has 2 aromatic carbocycles. The van der Waals surface area contributed by atoms with Crippen LogP contribution in [0.3, 0.4) is 0 Å². The zero-order chi connectivity index (χ0) is 14.7. The van der Waals surface area contributed by atoms with E-state index in [1.165, 1.54) is 24.3 Å². The van der Waals surface area contributed by atoms with Crippen LogP contribution in [-0.2, 0) is 6.42 Å². The van der Waals surface area contributed by atoms with Crippen LogP contribution in [0.15, 0.2) is 40.9 Å². The van der Waals surface area contributed by atoms with Gasteiger partial charge in [-0.3, -0.25) is 0 Å². The third kappa shape index (κ3) is 3.22. The van der Waals surface area contributed by atoms with Gasteiger partial charge in [0, 0.05) is 11.6 Å². The van der Waals surface area contributed by atoms with Gasteiger partial charge in [0.2, 0.25) is 0 Å². The van der Waals surface area contributed by atoms with Crippen molar-refractivity contribution in [2.75, 3.05) is 7.05 Å². The summed E-state index contributed by atoms with van der Waals surface area (Å²) in [6.45, 7) is 0. The van der Waals surface area contributed by atoms with Gasteiger partial charge in [-0.05, 0) is 59.2 Å². The molecule has 20 heavy (non-hydrogen) atoms. The molecule has 0 aromatic heterocycles. The lowest BCUT2D eigenvalue weighted by Gasteiger charge is -2.19. The normalized spacial score (nSPS) is 12.4. The van der Waals surface area contributed by atoms with Crippen molar-refractivity contribution in [3.05, 3.63) is 69.4 Å². The highest BCUT2D eigenvalue weighted by atomic mass is 79.9. The number of nitrogens with one attached hydrogen (secondary N) is 1. The summed E-state index contributed by atoms with van der Waals surface area (Å²) in [5.41, 5.74) is 0.774. The number of halogens is 4. The molecule has 1 nitrogen and oxygen atoms in total. The summed E-state index contributed by atoms with van der Waals surface area (Å²) in [5.74, 6) is -1.56. The summed E-state index contributed by atoms with van der Waals surface area (Å²) >= 11 is 3.05. The molecule has 0 amide bonds. The number of likely N-dealkylation sites (N-methyl/N-ethyl adjacent to an activating group) is 1. The van der Waals surface area contributed by atoms with Gasteiger partial charge in [0.05, 0.1) is 4.47 Å². The maximum atomic E-state index is 14.1. The molecule has 0 spiro atoms. The molecule has 1 unspecified atom stereocenters. The minimum absolute atomic E-state index is 0.0220. The van der Waals surface area contributed by atoms with Crippen molar-refractivity contribution in [1.29, 1.82) is 0 Å². The summed E-state index contributed by atoms with van der Waals surface area (Å²) in [5, 5.41) is 2.90. The molecule has 0 aliphatic carbocycles. The Balaban J connectivity index is 2.33. The van der Waals surface area contributed by atoms with Crippen LogP contribution in [-0.4, -0.2) is 7.05 Å². The molecule has 1 N–H and O–H groups in total. The van der Waals surface area contributed by atoms with Gasteiger partial charge in [0.25, 0.3) is 0 Å². The largest absolute Gasteiger partial charge is 0.313 e. The molecule has 0 radical (unpaired) electrons. The third-order valence-corrected chi connectivity index (χ3v) is 3.74. The van der Waals surface area contributed by atoms with Crippen molar-refractivity contribution in [1.82, 2.24) is 5.32 Å². The molecule has 2 rings (SSSR count). The highest BCUT2D eigenvalue weighted by Crippen LogP contribution is 2.28. The van der Waals surface area contributed by atoms with Gasteiger partial charge >= 0.3 is 0 Å². The fraction of sp³-hybridized carbons (Fsp3) is 0.200. The minimum Gasteiger partial charge on any atom is -0.313 e. The van der Waals surface area contributed by atoms with Gasteiger partial charge in [0.1, 0.15) is 17.5 Å². The van der Waals surface area contributed by atoms with E-state index in [2.05, 4.69) is 21.2 Å². The molecule has 5 heteroatoms. The van der Waals surface area contributed by atoms with Crippen LogP contribution in [0.5, 0.6) is 0 Å². The predicted molar refractivity (Wildman–Crippen MR) is 76.0 cm³/mol. The monoisotopic (exact) mass is 343 g/mol. The minimum atomic E-state index is -0.619. The highest BCUT2D eigenvalue weighted by molar-refractivity contribution is 9.10. The Bertz CT molecular complexity index is 599. The zero-order valence-electron chi connectivity index (χ0n) is 10.8. The topological polar surface area (TPSA) is 12.0 Å². The standard InChI is InChI=1S/C15H13BrF3N/c1-20-13(8-9-2-4-10(17)5-3-9)14-12(18)7-6-11(16)15(14)19/h2-7,13,20H,8H2,1H3. The quantitative estimate of drug-likeness (QED) is 0.813. The number of benzene rings is 2. The number of hydrogen-bond acceptors (Lipinski definition) is 1. The van der Waals surface area contributed by atoms with E-state index in [0.29, 0.717) is 6.42 Å². The lowest BCUT2D eigenvalue weighted by atomic mass is 9.98. The van der Waals surface area contributed by atoms with Gasteiger partial charge in [0.15, 0.2) is 0 Å². The SMILES string of the molecule is CNC(Cc1ccc(F)cc1)c1c(F)ccc(Br)c1F. The first-order chi connectivity index (χ1) is 9.52. The van der Waals surface area contributed by atoms with Crippen LogP contribution in [0, 0.1) is 17.5 Å². The Kier molecular flexibility index (Phi) is 4.83. The van der Waals surface area contributed by atoms with E-state index in [4.69, 9.17) is 0 Å². The van der Waals surface area contributed by atoms with Crippen LogP contribution in [0.25, 0.3) is 0 Å². The molecule has 0 saturated carbocycles. The lowest BCUT2D eigenvalue weighted by molar-refractivity contribution is 0.486. The van der Waals surface area contributed by atoms with Crippen molar-refractivity contribution in [3.63, 3.8) is 0 Å². The summed E-state index contributed by atoms with van der Waals surface area (Å²) in [6.07, 6.45) is 0.362. The van der Waals surface area contributed by atoms with Gasteiger partial charge in [-0.1, -0.05) is 12.1 Å². The van der Waals surface area contributed by atoms with E-state index >= 15 is 0 Å². The Morgan fingerprint density at radius 3 is 2.30 bits per heavy atom. The van der Waals surface area contributed by atoms with Gasteiger partial charge in [-0.15, -0.1) is 0 Å². The van der Waals surface area contributed by atoms with Crippen molar-refractivity contribution in [2.24, 2.45) is 0 Å². The van der Waals surface area contributed by atoms with E-state index in [9.17, 15) is 13.2 Å². The molecule has 106 valence electrons. The lowest BCUT2D eigenvalue weighted by Crippen LogP contribution is -2.21. The molecule has 0 fully saturated rings. The maximum absolute atomic E-state index is 14.1. The Morgan fingerprint density at radius 1 is 1.05 bits per heavy atom. The van der Waals surface area contributed by atoms with Crippen LogP contribution in [0.1, 0.15) is 17.2 Å². The van der Waals surface area contributed by atoms with Crippen molar-refractivity contribution in [2.45, 2.75) is 12.5 Å². The van der Waals surface area contributed by atoms with Crippen LogP contribution >= 0.6 is 15.9 Å². The third-order valence-electron chi connectivity index (χ3n) is 3.13. The zero-order valence-corrected chi connectivity index (χ0v) is 12.3. The predicted octanol–water partition coefficient (Wildman–Crippen LogP) is 4.37. The average molecular weight is 344 g/mol. The first-order valence-electron chi connectivity index (χ1n) is 6.08. The summed E-state index contributed by atoms with van der Waals surface area (Å²) in [6, 6.07) is 7.89. The van der Waals surface area contributed by atoms with Crippen LogP contribution < -0.4 is 5.32 Å². The average Bonchev–Trinajstić information content (AvgIpc) is 2.44. The Labute approximate surface area is 123 Å². The van der Waals surface area contributed by atoms with Crippen molar-refractivity contribution < 1.29 is 13.2 Å². The molecule has 2 aromatic rings. The number of hydrogen-bond donors (Lipinski definition) is 1. The summed E-state index contributed by atoms with van der Waals surface area (Å²) in [4.78, 5) is 0. The number of rotatable bonds is 4. The first kappa shape index (κ1) is 15.1. The molecular weight excluding hydrogens is 331 g/mol. The molecule has 1 atom stereocenters. The molecule has 0 saturated heterocycles. The Hall–Kier alpha value is -1.33. The van der Waals surface area contributed by atoms with Gasteiger partial charge < -0.3 is 5.32 Å². The van der Waals surface area contributed by atoms with Crippen LogP contribution in [0.4, 0.5) is 13.2 Å². The fourth-order valence-corrected chi connectivity index (χ4v) is 2.41. The van der Waals surface area contributed by atoms with Gasteiger partial charge in [-0.25, -0.2) is 13.2 Å². The highest BCUT2D eigenvalue weighted by Gasteiger charge is 2.21. The van der Waals surface area contributed by atoms with Crippen molar-refractivity contribution >= 4 is 15.9 Å². The Morgan fingerprint density at radius 2 is 1.70 bits per heavy atom. The molecular formula is C15H13BrF3N. The van der Waals surface area contributed by atoms with E-state index in [1.807, 2.05) is 0 Å². The van der Waals surface area contributed by atoms with E-state index in [-0.39, 0.29) is 15.9 Å². The van der Waals surface area contributed by atoms with Crippen LogP contribution in [0.2, 0.25) is 0 Å². The molecule has 0 aliphatic rings. The molecule has 0 bridgehead atoms. The second kappa shape index (κ2) is 6.41. The smallest absolute Gasteiger partial charge is 0.145 e. The second-order valence-electron chi connectivity index (χ2n) is 4.43. The van der Waals surface area contributed by atoms with Crippen molar-refractivity contribution in [3.8, 4) is 0 Å². The fourth-order valence-electron chi connectivity index (χ4n) is 2.07. The summed E-state index contributed by atoms with van der Waals surface area (Å²) < 4.78 is 41.0. The second-order valence-corrected chi connectivity index (χ2v) is 5.28. The van der Waals surface area contributed by atoms with E-state index < -0.39 is 17.7 Å². The van der Waals surface area contributed by atoms with Gasteiger partial charge in [-0.2, -0.15) is 0 Å². The van der Waals surface area contributed by atoms with E-state index in [1.54, 1.807) is 19.2 Å². The molecule has 0 aliphatic heterocycles.